The number of ether oxygens (including phenoxy) is 1. The van der Waals surface area contributed by atoms with E-state index in [0.29, 0.717) is 0 Å². The number of para-hydroxylation sites is 2. The van der Waals surface area contributed by atoms with Crippen molar-refractivity contribution in [3.8, 4) is 0 Å². The fraction of sp³-hybridized carbons (Fsp3) is 0.200. The minimum Gasteiger partial charge on any atom is -1.00 e. The molecule has 4 aromatic rings. The van der Waals surface area contributed by atoms with Crippen molar-refractivity contribution in [3.05, 3.63) is 59.2 Å². The number of alkyl halides is 9. The summed E-state index contributed by atoms with van der Waals surface area (Å²) < 4.78 is 78.4. The number of carbonyl (C=O) groups excluding carboxylic acids is 2. The van der Waals surface area contributed by atoms with Gasteiger partial charge in [0.05, 0.1) is 29.3 Å². The van der Waals surface area contributed by atoms with Crippen LogP contribution in [0.2, 0.25) is 0 Å². The molecule has 0 radical (unpaired) electrons. The fourth-order valence-electron chi connectivity index (χ4n) is 2.85. The molecule has 2 heterocycles. The number of nitrogens with zero attached hydrogens (tertiary/aromatic N) is 2. The number of nitrogens with one attached hydrogen (secondary N) is 2. The molecule has 0 saturated heterocycles. The number of hydrogen-bond acceptors (Lipinski definition) is 7. The van der Waals surface area contributed by atoms with E-state index in [2.05, 4.69) is 29.6 Å². The number of esters is 1. The Morgan fingerprint density at radius 3 is 1.70 bits per heavy atom. The largest absolute Gasteiger partial charge is 1.00 e. The summed E-state index contributed by atoms with van der Waals surface area (Å²) in [6, 6.07) is 7.16. The van der Waals surface area contributed by atoms with E-state index < -0.39 is 33.2 Å². The van der Waals surface area contributed by atoms with Crippen molar-refractivity contribution in [1.82, 2.24) is 19.9 Å². The van der Waals surface area contributed by atoms with E-state index in [1.165, 1.54) is 24.3 Å². The molecule has 2 aromatic heterocycles. The van der Waals surface area contributed by atoms with Crippen molar-refractivity contribution in [1.29, 1.82) is 0 Å². The first-order valence-corrected chi connectivity index (χ1v) is 10.7. The van der Waals surface area contributed by atoms with Crippen molar-refractivity contribution in [2.45, 2.75) is 16.1 Å². The van der Waals surface area contributed by atoms with Gasteiger partial charge < -0.3 is 26.3 Å². The maximum absolute atomic E-state index is 12.7. The predicted molar refractivity (Wildman–Crippen MR) is 121 cm³/mol. The number of aromatic amines is 2. The Hall–Kier alpha value is -1.27. The molecule has 2 aromatic carbocycles. The monoisotopic (exact) mass is 654 g/mol. The van der Waals surface area contributed by atoms with Gasteiger partial charge in [0.25, 0.3) is 6.47 Å². The van der Waals surface area contributed by atoms with Gasteiger partial charge in [0, 0.05) is 0 Å². The summed E-state index contributed by atoms with van der Waals surface area (Å²) in [6.07, 6.45) is -9.01. The number of H-pyrrole nitrogens is 2. The van der Waals surface area contributed by atoms with Gasteiger partial charge in [-0.15, -0.1) is 0 Å². The summed E-state index contributed by atoms with van der Waals surface area (Å²) in [5, 5.41) is 8.43. The van der Waals surface area contributed by atoms with Crippen LogP contribution >= 0.6 is 34.8 Å². The van der Waals surface area contributed by atoms with Gasteiger partial charge in [0.2, 0.25) is 9.62 Å². The Labute approximate surface area is 280 Å². The molecule has 0 fully saturated rings. The third-order valence-electron chi connectivity index (χ3n) is 4.32. The fourth-order valence-corrected chi connectivity index (χ4v) is 3.12. The first kappa shape index (κ1) is 38.7. The van der Waals surface area contributed by atoms with Crippen LogP contribution in [0.25, 0.3) is 22.1 Å². The molecule has 208 valence electrons. The van der Waals surface area contributed by atoms with Gasteiger partial charge in [-0.3, -0.25) is 4.79 Å². The van der Waals surface area contributed by atoms with E-state index >= 15 is 0 Å². The molecule has 0 saturated carbocycles. The Bertz CT molecular complexity index is 1430. The number of carbonyl (C=O) groups is 2. The molecule has 40 heavy (non-hydrogen) atoms. The summed E-state index contributed by atoms with van der Waals surface area (Å²) in [4.78, 5) is 34.7. The second kappa shape index (κ2) is 15.8. The molecule has 0 bridgehead atoms. The Morgan fingerprint density at radius 1 is 0.900 bits per heavy atom. The quantitative estimate of drug-likeness (QED) is 0.0557. The molecule has 0 unspecified atom stereocenters. The predicted octanol–water partition coefficient (Wildman–Crippen LogP) is -0.668. The van der Waals surface area contributed by atoms with Crippen LogP contribution in [-0.4, -0.2) is 39.5 Å². The second-order valence-electron chi connectivity index (χ2n) is 6.75. The molecule has 0 amide bonds. The standard InChI is InChI=1S/C10H7F3N2O2.C9H4Cl3F3N2.CH2O3.2Na.H/c1-17-9(16)8-14-6-4-2-3-5(7(6)15-8)10(11,12)13;10-8(11,12)7-16-5-3-1-2-4(6(5)17-7)9(13,14)15;2-1-4-3;;;/h2-4H,1H3,(H,14,15);1-3H,(H,16,17);1,3H;;;/q;;;2*+1;-1/p-1. The Balaban J connectivity index is 0. The average molecular weight is 656 g/mol. The van der Waals surface area contributed by atoms with Gasteiger partial charge in [-0.05, 0) is 24.3 Å². The van der Waals surface area contributed by atoms with E-state index in [-0.39, 0.29) is 101 Å². The second-order valence-corrected chi connectivity index (χ2v) is 9.03. The number of imidazole rings is 2. The van der Waals surface area contributed by atoms with E-state index in [0.717, 1.165) is 19.2 Å². The van der Waals surface area contributed by atoms with Crippen LogP contribution in [0.15, 0.2) is 36.4 Å². The minimum atomic E-state index is -4.51. The van der Waals surface area contributed by atoms with Crippen LogP contribution in [0.3, 0.4) is 0 Å². The van der Waals surface area contributed by atoms with E-state index in [4.69, 9.17) is 44.9 Å². The number of benzene rings is 2. The number of methoxy groups -OCH3 is 1. The number of fused-ring (bicyclic) bond motifs is 2. The molecule has 0 aliphatic heterocycles. The summed E-state index contributed by atoms with van der Waals surface area (Å²) in [5.41, 5.74) is -2.00. The summed E-state index contributed by atoms with van der Waals surface area (Å²) in [6.45, 7) is -0.181. The van der Waals surface area contributed by atoms with Crippen molar-refractivity contribution < 1.29 is 111 Å². The van der Waals surface area contributed by atoms with Crippen LogP contribution in [-0.2, 0) is 30.6 Å². The average Bonchev–Trinajstić information content (AvgIpc) is 3.47. The van der Waals surface area contributed by atoms with Gasteiger partial charge in [-0.25, -0.2) is 14.8 Å². The van der Waals surface area contributed by atoms with Crippen molar-refractivity contribution in [2.75, 3.05) is 7.11 Å². The number of aromatic nitrogens is 4. The number of rotatable bonds is 2. The molecule has 0 aliphatic carbocycles. The summed E-state index contributed by atoms with van der Waals surface area (Å²) in [7, 11) is 1.13. The van der Waals surface area contributed by atoms with Gasteiger partial charge in [-0.2, -0.15) is 26.3 Å². The third kappa shape index (κ3) is 10.2. The van der Waals surface area contributed by atoms with Gasteiger partial charge in [0.15, 0.2) is 5.82 Å². The molecule has 20 heteroatoms. The number of hydrogen-bond donors (Lipinski definition) is 2. The summed E-state index contributed by atoms with van der Waals surface area (Å²) in [5.74, 6) is -1.21. The topological polar surface area (TPSA) is 133 Å². The van der Waals surface area contributed by atoms with Gasteiger partial charge in [0.1, 0.15) is 11.0 Å². The maximum atomic E-state index is 12.7. The van der Waals surface area contributed by atoms with Crippen LogP contribution in [0.4, 0.5) is 26.3 Å². The van der Waals surface area contributed by atoms with Crippen LogP contribution in [0.1, 0.15) is 29.0 Å². The first-order valence-electron chi connectivity index (χ1n) is 9.54. The van der Waals surface area contributed by atoms with Gasteiger partial charge in [-0.1, -0.05) is 46.9 Å². The van der Waals surface area contributed by atoms with Crippen LogP contribution in [0, 0.1) is 0 Å². The van der Waals surface area contributed by atoms with E-state index in [1.807, 2.05) is 0 Å². The summed E-state index contributed by atoms with van der Waals surface area (Å²) >= 11 is 16.7. The Kier molecular flexibility index (Phi) is 15.3. The maximum Gasteiger partial charge on any atom is 1.00 e. The minimum absolute atomic E-state index is 0. The third-order valence-corrected chi connectivity index (χ3v) is 4.86. The Morgan fingerprint density at radius 2 is 1.32 bits per heavy atom. The zero-order chi connectivity index (χ0) is 28.9. The van der Waals surface area contributed by atoms with Crippen LogP contribution < -0.4 is 64.4 Å². The van der Waals surface area contributed by atoms with Crippen LogP contribution in [0.5, 0.6) is 0 Å². The van der Waals surface area contributed by atoms with E-state index in [1.54, 1.807) is 0 Å². The first-order chi connectivity index (χ1) is 17.5. The molecule has 0 aliphatic rings. The number of halogens is 9. The molecule has 0 spiro atoms. The molecular weight excluding hydrogens is 643 g/mol. The van der Waals surface area contributed by atoms with Crippen molar-refractivity contribution in [2.24, 2.45) is 0 Å². The molecule has 0 atom stereocenters. The SMILES string of the molecule is COC(=O)c1nc2c(C(F)(F)F)cccc2[nH]1.FC(F)(F)c1cccc2[nH]c(C(Cl)(Cl)Cl)nc12.O=CO[O-].[H-].[Na+].[Na+]. The van der Waals surface area contributed by atoms with Crippen molar-refractivity contribution >= 4 is 69.3 Å². The van der Waals surface area contributed by atoms with Gasteiger partial charge >= 0.3 is 77.4 Å². The van der Waals surface area contributed by atoms with E-state index in [9.17, 15) is 31.1 Å². The normalized spacial score (nSPS) is 11.2. The molecule has 4 rings (SSSR count). The zero-order valence-electron chi connectivity index (χ0n) is 21.4. The molecule has 2 N–H and O–H groups in total. The smallest absolute Gasteiger partial charge is 1.00 e. The molecular formula is C20H13Cl3F6N4Na2O5. The molecule has 9 nitrogen and oxygen atoms in total. The van der Waals surface area contributed by atoms with Crippen molar-refractivity contribution in [3.63, 3.8) is 0 Å². The zero-order valence-corrected chi connectivity index (χ0v) is 26.6.